The molecule has 0 unspecified atom stereocenters. The third-order valence-corrected chi connectivity index (χ3v) is 4.21. The first-order chi connectivity index (χ1) is 7.58. The van der Waals surface area contributed by atoms with Crippen LogP contribution in [0.25, 0.3) is 0 Å². The van der Waals surface area contributed by atoms with E-state index in [4.69, 9.17) is 18.7 Å². The number of hydrogen-bond acceptors (Lipinski definition) is 5. The highest BCUT2D eigenvalue weighted by atomic mass is 28.3. The highest BCUT2D eigenvalue weighted by Crippen LogP contribution is 2.10. The van der Waals surface area contributed by atoms with Crippen molar-refractivity contribution in [3.8, 4) is 0 Å². The first-order valence-corrected chi connectivity index (χ1v) is 6.61. The Balaban J connectivity index is 4.42. The Morgan fingerprint density at radius 2 is 1.81 bits per heavy atom. The fraction of sp³-hybridized carbons (Fsp3) is 0.700. The number of carbonyl (C=O) groups is 1. The van der Waals surface area contributed by atoms with Gasteiger partial charge in [-0.3, -0.25) is 0 Å². The lowest BCUT2D eigenvalue weighted by Crippen LogP contribution is -2.24. The van der Waals surface area contributed by atoms with Crippen LogP contribution in [-0.4, -0.2) is 47.8 Å². The average molecular weight is 248 g/mol. The summed E-state index contributed by atoms with van der Waals surface area (Å²) in [5.74, 6) is -0.377. The molecule has 0 aliphatic heterocycles. The number of esters is 1. The van der Waals surface area contributed by atoms with Crippen LogP contribution in [0.4, 0.5) is 0 Å². The number of carbonyl (C=O) groups excluding carboxylic acids is 1. The number of aliphatic hydroxyl groups excluding tert-OH is 1. The van der Waals surface area contributed by atoms with E-state index in [1.54, 1.807) is 21.1 Å². The summed E-state index contributed by atoms with van der Waals surface area (Å²) in [4.78, 5) is 11.5. The summed E-state index contributed by atoms with van der Waals surface area (Å²) in [5, 5.41) is 9.37. The van der Waals surface area contributed by atoms with Gasteiger partial charge in [0, 0.05) is 32.8 Å². The van der Waals surface area contributed by atoms with Crippen LogP contribution in [0.5, 0.6) is 0 Å². The van der Waals surface area contributed by atoms with Crippen LogP contribution >= 0.6 is 0 Å². The van der Waals surface area contributed by atoms with Gasteiger partial charge in [0.1, 0.15) is 0 Å². The van der Waals surface area contributed by atoms with Crippen LogP contribution in [0.3, 0.4) is 0 Å². The van der Waals surface area contributed by atoms with E-state index in [-0.39, 0.29) is 19.2 Å². The second-order valence-corrected chi connectivity index (χ2v) is 5.80. The summed E-state index contributed by atoms with van der Waals surface area (Å²) >= 11 is 0. The van der Waals surface area contributed by atoms with Crippen molar-refractivity contribution in [2.45, 2.75) is 20.3 Å². The Morgan fingerprint density at radius 3 is 2.25 bits per heavy atom. The summed E-state index contributed by atoms with van der Waals surface area (Å²) in [5.41, 5.74) is 0.526. The molecule has 0 bridgehead atoms. The highest BCUT2D eigenvalue weighted by molar-refractivity contribution is 6.54. The van der Waals surface area contributed by atoms with E-state index in [0.29, 0.717) is 12.0 Å². The quantitative estimate of drug-likeness (QED) is 0.304. The van der Waals surface area contributed by atoms with E-state index >= 15 is 0 Å². The largest absolute Gasteiger partial charge is 0.462 e. The molecule has 0 rings (SSSR count). The van der Waals surface area contributed by atoms with Crippen LogP contribution in [0.2, 0.25) is 0 Å². The van der Waals surface area contributed by atoms with Crippen molar-refractivity contribution in [3.63, 3.8) is 0 Å². The van der Waals surface area contributed by atoms with Crippen molar-refractivity contribution in [3.05, 3.63) is 10.8 Å². The normalized spacial score (nSPS) is 12.6. The SMILES string of the molecule is CO[SiH](OC)C(C)=C(C)C(=O)OCCCO. The Morgan fingerprint density at radius 1 is 1.25 bits per heavy atom. The Labute approximate surface area is 97.9 Å². The molecule has 0 atom stereocenters. The topological polar surface area (TPSA) is 65.0 Å². The number of hydrogen-bond donors (Lipinski definition) is 1. The van der Waals surface area contributed by atoms with Gasteiger partial charge in [0.25, 0.3) is 0 Å². The van der Waals surface area contributed by atoms with E-state index < -0.39 is 9.28 Å². The van der Waals surface area contributed by atoms with E-state index in [2.05, 4.69) is 0 Å². The zero-order valence-corrected chi connectivity index (χ0v) is 11.4. The molecule has 0 amide bonds. The minimum absolute atomic E-state index is 0.0164. The van der Waals surface area contributed by atoms with Crippen LogP contribution in [-0.2, 0) is 18.4 Å². The van der Waals surface area contributed by atoms with Gasteiger partial charge in [-0.05, 0) is 19.0 Å². The van der Waals surface area contributed by atoms with Crippen LogP contribution < -0.4 is 0 Å². The fourth-order valence-electron chi connectivity index (χ4n) is 1.13. The Bertz CT molecular complexity index is 248. The minimum atomic E-state index is -1.91. The van der Waals surface area contributed by atoms with Crippen molar-refractivity contribution in [2.24, 2.45) is 0 Å². The minimum Gasteiger partial charge on any atom is -0.462 e. The summed E-state index contributed by atoms with van der Waals surface area (Å²) in [6, 6.07) is 0. The van der Waals surface area contributed by atoms with Crippen LogP contribution in [0, 0.1) is 0 Å². The second kappa shape index (κ2) is 8.46. The lowest BCUT2D eigenvalue weighted by molar-refractivity contribution is -0.139. The molecule has 94 valence electrons. The molecule has 0 fully saturated rings. The molecular formula is C10H20O5Si. The molecule has 16 heavy (non-hydrogen) atoms. The maximum atomic E-state index is 11.5. The van der Waals surface area contributed by atoms with Gasteiger partial charge in [0.2, 0.25) is 0 Å². The zero-order valence-electron chi connectivity index (χ0n) is 10.3. The molecule has 6 heteroatoms. The molecule has 0 radical (unpaired) electrons. The van der Waals surface area contributed by atoms with Gasteiger partial charge in [0.15, 0.2) is 0 Å². The molecule has 0 aromatic heterocycles. The highest BCUT2D eigenvalue weighted by Gasteiger charge is 2.19. The van der Waals surface area contributed by atoms with E-state index in [0.717, 1.165) is 5.20 Å². The summed E-state index contributed by atoms with van der Waals surface area (Å²) in [6.45, 7) is 3.75. The number of aliphatic hydroxyl groups is 1. The lowest BCUT2D eigenvalue weighted by atomic mass is 10.3. The van der Waals surface area contributed by atoms with Gasteiger partial charge in [0.05, 0.1) is 6.61 Å². The van der Waals surface area contributed by atoms with Gasteiger partial charge >= 0.3 is 15.3 Å². The van der Waals surface area contributed by atoms with Gasteiger partial charge in [-0.25, -0.2) is 4.79 Å². The van der Waals surface area contributed by atoms with Crippen LogP contribution in [0.15, 0.2) is 10.8 Å². The molecule has 5 nitrogen and oxygen atoms in total. The summed E-state index contributed by atoms with van der Waals surface area (Å²) in [7, 11) is 1.22. The first-order valence-electron chi connectivity index (χ1n) is 5.09. The molecule has 0 aliphatic rings. The van der Waals surface area contributed by atoms with Crippen molar-refractivity contribution >= 4 is 15.3 Å². The molecule has 1 N–H and O–H groups in total. The van der Waals surface area contributed by atoms with Crippen molar-refractivity contribution < 1.29 is 23.5 Å². The Kier molecular flexibility index (Phi) is 8.09. The summed E-state index contributed by atoms with van der Waals surface area (Å²) < 4.78 is 15.3. The third kappa shape index (κ3) is 4.89. The fourth-order valence-corrected chi connectivity index (χ4v) is 2.50. The summed E-state index contributed by atoms with van der Waals surface area (Å²) in [6.07, 6.45) is 0.452. The maximum Gasteiger partial charge on any atom is 0.351 e. The molecule has 0 aromatic rings. The number of rotatable bonds is 7. The number of allylic oxidation sites excluding steroid dienone is 1. The zero-order chi connectivity index (χ0) is 12.6. The maximum absolute atomic E-state index is 11.5. The van der Waals surface area contributed by atoms with E-state index in [9.17, 15) is 4.79 Å². The van der Waals surface area contributed by atoms with E-state index in [1.807, 2.05) is 6.92 Å². The monoisotopic (exact) mass is 248 g/mol. The van der Waals surface area contributed by atoms with Crippen LogP contribution in [0.1, 0.15) is 20.3 Å². The van der Waals surface area contributed by atoms with Crippen molar-refractivity contribution in [1.29, 1.82) is 0 Å². The lowest BCUT2D eigenvalue weighted by Gasteiger charge is -2.14. The molecule has 0 aromatic carbocycles. The van der Waals surface area contributed by atoms with Gasteiger partial charge in [-0.2, -0.15) is 0 Å². The molecule has 0 spiro atoms. The molecule has 0 heterocycles. The molecule has 0 aliphatic carbocycles. The predicted octanol–water partition coefficient (Wildman–Crippen LogP) is 0.301. The van der Waals surface area contributed by atoms with Crippen molar-refractivity contribution in [1.82, 2.24) is 0 Å². The second-order valence-electron chi connectivity index (χ2n) is 3.32. The van der Waals surface area contributed by atoms with Gasteiger partial charge in [-0.15, -0.1) is 0 Å². The Hall–Kier alpha value is -0.693. The van der Waals surface area contributed by atoms with Crippen molar-refractivity contribution in [2.75, 3.05) is 27.4 Å². The molecular weight excluding hydrogens is 228 g/mol. The van der Waals surface area contributed by atoms with E-state index in [1.165, 1.54) is 0 Å². The standard InChI is InChI=1S/C10H20O5Si/c1-8(9(2)16(13-3)14-4)10(12)15-7-5-6-11/h11,16H,5-7H2,1-4H3. The van der Waals surface area contributed by atoms with Gasteiger partial charge < -0.3 is 18.7 Å². The molecule has 0 saturated heterocycles. The number of ether oxygens (including phenoxy) is 1. The third-order valence-electron chi connectivity index (χ3n) is 2.22. The molecule has 0 saturated carbocycles. The van der Waals surface area contributed by atoms with Gasteiger partial charge in [-0.1, -0.05) is 0 Å². The predicted molar refractivity (Wildman–Crippen MR) is 62.2 cm³/mol. The smallest absolute Gasteiger partial charge is 0.351 e. The first kappa shape index (κ1) is 15.3. The average Bonchev–Trinajstić information content (AvgIpc) is 2.29.